The number of anilines is 2. The van der Waals surface area contributed by atoms with Gasteiger partial charge in [-0.25, -0.2) is 27.0 Å². The van der Waals surface area contributed by atoms with E-state index in [1.54, 1.807) is 4.72 Å². The molecular weight excluding hydrogens is 697 g/mol. The molecule has 4 aromatic carbocycles. The van der Waals surface area contributed by atoms with E-state index < -0.39 is 81.0 Å². The molecule has 2 saturated heterocycles. The lowest BCUT2D eigenvalue weighted by molar-refractivity contribution is -0.135. The van der Waals surface area contributed by atoms with Gasteiger partial charge in [-0.1, -0.05) is 12.1 Å². The second kappa shape index (κ2) is 12.0. The summed E-state index contributed by atoms with van der Waals surface area (Å²) >= 11 is 0. The fraction of sp³-hybridized carbons (Fsp3) is 0.182. The number of fused-ring (bicyclic) bond motifs is 2. The normalized spacial score (nSPS) is 17.2. The van der Waals surface area contributed by atoms with Gasteiger partial charge < -0.3 is 10.4 Å². The van der Waals surface area contributed by atoms with Crippen molar-refractivity contribution in [3.63, 3.8) is 0 Å². The van der Waals surface area contributed by atoms with Crippen molar-refractivity contribution < 1.29 is 45.9 Å². The second-order valence-corrected chi connectivity index (χ2v) is 13.6. The van der Waals surface area contributed by atoms with Crippen LogP contribution >= 0.6 is 0 Å². The number of carbonyl (C=O) groups is 4. The minimum Gasteiger partial charge on any atom is -0.506 e. The summed E-state index contributed by atoms with van der Waals surface area (Å²) in [6.45, 7) is -0.722. The van der Waals surface area contributed by atoms with Crippen LogP contribution in [0.4, 0.5) is 24.5 Å². The number of halogens is 3. The standard InChI is InChI=1S/C33H25F3N6O8S/c1-40-30-22(42(33(40)48)23-8-9-25(44)38-32(23)47)7-6-20(29(30)36)19-4-2-15(10-21(19)34)11-26(45)37-17-3-5-18-16(12-17)13-24(43)31(28(18)35)41-14-27(46)39-51(41,49)50/h2-7,10,12-13,23,43H,8-9,11,14H2,1H3,(H,37,45)(H,39,46)(H,38,44,47). The van der Waals surface area contributed by atoms with Crippen molar-refractivity contribution in [3.05, 3.63) is 88.1 Å². The number of phenols is 1. The molecule has 1 atom stereocenters. The van der Waals surface area contributed by atoms with E-state index in [4.69, 9.17) is 0 Å². The van der Waals surface area contributed by atoms with Crippen LogP contribution in [0.15, 0.2) is 59.4 Å². The number of benzene rings is 4. The molecule has 51 heavy (non-hydrogen) atoms. The minimum absolute atomic E-state index is 0.000841. The molecule has 0 saturated carbocycles. The van der Waals surface area contributed by atoms with Crippen molar-refractivity contribution in [2.45, 2.75) is 25.3 Å². The summed E-state index contributed by atoms with van der Waals surface area (Å²) in [6.07, 6.45) is -0.275. The van der Waals surface area contributed by atoms with E-state index in [0.29, 0.717) is 4.31 Å². The number of aromatic hydroxyl groups is 1. The van der Waals surface area contributed by atoms with Gasteiger partial charge in [-0.05, 0) is 59.8 Å². The molecule has 3 heterocycles. The van der Waals surface area contributed by atoms with Crippen LogP contribution in [0.25, 0.3) is 32.9 Å². The number of rotatable bonds is 6. The van der Waals surface area contributed by atoms with Gasteiger partial charge in [0.05, 0.1) is 11.9 Å². The van der Waals surface area contributed by atoms with Crippen molar-refractivity contribution in [3.8, 4) is 16.9 Å². The summed E-state index contributed by atoms with van der Waals surface area (Å²) in [4.78, 5) is 61.6. The van der Waals surface area contributed by atoms with Crippen molar-refractivity contribution >= 4 is 67.0 Å². The molecule has 0 bridgehead atoms. The number of imide groups is 1. The highest BCUT2D eigenvalue weighted by atomic mass is 32.2. The molecule has 0 spiro atoms. The molecule has 4 amide bonds. The summed E-state index contributed by atoms with van der Waals surface area (Å²) in [7, 11) is -3.09. The Hall–Kier alpha value is -6.17. The minimum atomic E-state index is -4.40. The molecule has 0 aliphatic carbocycles. The average molecular weight is 723 g/mol. The van der Waals surface area contributed by atoms with Crippen molar-refractivity contribution in [2.75, 3.05) is 16.2 Å². The molecule has 1 aromatic heterocycles. The lowest BCUT2D eigenvalue weighted by Crippen LogP contribution is -2.44. The van der Waals surface area contributed by atoms with E-state index in [1.165, 1.54) is 49.5 Å². The topological polar surface area (TPSA) is 189 Å². The Labute approximate surface area is 285 Å². The maximum Gasteiger partial charge on any atom is 0.329 e. The fourth-order valence-corrected chi connectivity index (χ4v) is 7.61. The smallest absolute Gasteiger partial charge is 0.329 e. The van der Waals surface area contributed by atoms with Crippen LogP contribution in [-0.4, -0.2) is 52.8 Å². The van der Waals surface area contributed by atoms with E-state index in [1.807, 2.05) is 0 Å². The molecule has 18 heteroatoms. The summed E-state index contributed by atoms with van der Waals surface area (Å²) in [5.41, 5.74) is -1.42. The maximum absolute atomic E-state index is 15.9. The molecule has 2 fully saturated rings. The largest absolute Gasteiger partial charge is 0.506 e. The lowest BCUT2D eigenvalue weighted by Gasteiger charge is -2.22. The zero-order chi connectivity index (χ0) is 36.5. The number of nitrogens with one attached hydrogen (secondary N) is 3. The van der Waals surface area contributed by atoms with E-state index in [0.717, 1.165) is 21.3 Å². The number of phenolic OH excluding ortho intramolecular Hbond substituents is 1. The van der Waals surface area contributed by atoms with Crippen LogP contribution in [-0.2, 0) is 42.9 Å². The quantitative estimate of drug-likeness (QED) is 0.193. The van der Waals surface area contributed by atoms with E-state index in [9.17, 15) is 37.5 Å². The third-order valence-corrected chi connectivity index (χ3v) is 10.2. The molecule has 14 nitrogen and oxygen atoms in total. The Morgan fingerprint density at radius 1 is 0.961 bits per heavy atom. The molecule has 2 aliphatic rings. The lowest BCUT2D eigenvalue weighted by atomic mass is 10.00. The molecule has 1 unspecified atom stereocenters. The summed E-state index contributed by atoms with van der Waals surface area (Å²) in [6, 6.07) is 10.3. The predicted molar refractivity (Wildman–Crippen MR) is 176 cm³/mol. The van der Waals surface area contributed by atoms with Gasteiger partial charge in [-0.2, -0.15) is 8.42 Å². The average Bonchev–Trinajstić information content (AvgIpc) is 3.47. The highest BCUT2D eigenvalue weighted by Crippen LogP contribution is 2.39. The first kappa shape index (κ1) is 33.3. The predicted octanol–water partition coefficient (Wildman–Crippen LogP) is 2.62. The highest BCUT2D eigenvalue weighted by molar-refractivity contribution is 7.92. The molecule has 0 radical (unpaired) electrons. The van der Waals surface area contributed by atoms with E-state index in [2.05, 4.69) is 10.6 Å². The third kappa shape index (κ3) is 5.62. The molecule has 5 aromatic rings. The van der Waals surface area contributed by atoms with Crippen LogP contribution in [0.2, 0.25) is 0 Å². The molecule has 2 aliphatic heterocycles. The second-order valence-electron chi connectivity index (χ2n) is 12.0. The van der Waals surface area contributed by atoms with Crippen molar-refractivity contribution in [1.29, 1.82) is 0 Å². The molecule has 4 N–H and O–H groups in total. The van der Waals surface area contributed by atoms with Crippen LogP contribution in [0.1, 0.15) is 24.4 Å². The first-order valence-corrected chi connectivity index (χ1v) is 16.7. The molecule has 262 valence electrons. The summed E-state index contributed by atoms with van der Waals surface area (Å²) in [5, 5.41) is 15.2. The number of carbonyl (C=O) groups excluding carboxylic acids is 4. The number of aromatic nitrogens is 2. The summed E-state index contributed by atoms with van der Waals surface area (Å²) in [5.74, 6) is -6.32. The third-order valence-electron chi connectivity index (χ3n) is 8.78. The summed E-state index contributed by atoms with van der Waals surface area (Å²) < 4.78 is 75.4. The van der Waals surface area contributed by atoms with Gasteiger partial charge in [-0.3, -0.25) is 33.6 Å². The van der Waals surface area contributed by atoms with Gasteiger partial charge in [0.2, 0.25) is 17.7 Å². The zero-order valence-corrected chi connectivity index (χ0v) is 27.1. The number of imidazole rings is 1. The van der Waals surface area contributed by atoms with Gasteiger partial charge in [0, 0.05) is 35.7 Å². The van der Waals surface area contributed by atoms with Crippen LogP contribution in [0.3, 0.4) is 0 Å². The number of amides is 4. The monoisotopic (exact) mass is 722 g/mol. The van der Waals surface area contributed by atoms with Gasteiger partial charge in [0.15, 0.2) is 11.6 Å². The molecular formula is C33H25F3N6O8S. The first-order chi connectivity index (χ1) is 24.1. The van der Waals surface area contributed by atoms with E-state index >= 15 is 13.2 Å². The van der Waals surface area contributed by atoms with Crippen molar-refractivity contribution in [2.24, 2.45) is 7.05 Å². The Morgan fingerprint density at radius 3 is 2.39 bits per heavy atom. The van der Waals surface area contributed by atoms with Crippen LogP contribution in [0.5, 0.6) is 5.75 Å². The van der Waals surface area contributed by atoms with Crippen molar-refractivity contribution in [1.82, 2.24) is 19.2 Å². The highest BCUT2D eigenvalue weighted by Gasteiger charge is 2.38. The van der Waals surface area contributed by atoms with Crippen LogP contribution < -0.4 is 25.4 Å². The van der Waals surface area contributed by atoms with Crippen LogP contribution in [0, 0.1) is 17.5 Å². The van der Waals surface area contributed by atoms with Gasteiger partial charge in [-0.15, -0.1) is 0 Å². The molecule has 7 rings (SSSR count). The SMILES string of the molecule is Cn1c(=O)n(C2CCC(=O)NC2=O)c2ccc(-c3ccc(CC(=O)Nc4ccc5c(F)c(N6CC(=O)NS6(=O)=O)c(O)cc5c4)cc3F)c(F)c21. The van der Waals surface area contributed by atoms with Gasteiger partial charge in [0.25, 0.3) is 5.91 Å². The first-order valence-electron chi connectivity index (χ1n) is 15.2. The number of aryl methyl sites for hydroxylation is 1. The maximum atomic E-state index is 15.9. The zero-order valence-electron chi connectivity index (χ0n) is 26.3. The number of nitrogens with zero attached hydrogens (tertiary/aromatic N) is 3. The fourth-order valence-electron chi connectivity index (χ4n) is 6.44. The number of hydrogen-bond donors (Lipinski definition) is 4. The van der Waals surface area contributed by atoms with Gasteiger partial charge in [0.1, 0.15) is 35.4 Å². The number of piperidine rings is 1. The number of hydrogen-bond acceptors (Lipinski definition) is 8. The van der Waals surface area contributed by atoms with E-state index in [-0.39, 0.29) is 63.4 Å². The van der Waals surface area contributed by atoms with Gasteiger partial charge >= 0.3 is 15.9 Å². The Kier molecular flexibility index (Phi) is 7.85. The Bertz CT molecular complexity index is 2570. The Morgan fingerprint density at radius 2 is 1.71 bits per heavy atom. The Balaban J connectivity index is 1.11.